The molecule has 1 unspecified atom stereocenters. The quantitative estimate of drug-likeness (QED) is 0.716. The molecule has 0 bridgehead atoms. The topological polar surface area (TPSA) is 48.3 Å². The van der Waals surface area contributed by atoms with Gasteiger partial charge in [0.25, 0.3) is 0 Å². The number of ether oxygens (including phenoxy) is 2. The van der Waals surface area contributed by atoms with Crippen LogP contribution in [-0.4, -0.2) is 49.8 Å². The van der Waals surface area contributed by atoms with Gasteiger partial charge in [0.05, 0.1) is 19.4 Å². The van der Waals surface area contributed by atoms with Gasteiger partial charge in [0.1, 0.15) is 0 Å². The Kier molecular flexibility index (Phi) is 5.36. The molecule has 1 saturated heterocycles. The van der Waals surface area contributed by atoms with Crippen LogP contribution >= 0.6 is 0 Å². The fraction of sp³-hybridized carbons (Fsp3) is 0.786. The number of nitrogens with one attached hydrogen (secondary N) is 1. The average molecular weight is 267 g/mol. The minimum atomic E-state index is 0.218. The summed E-state index contributed by atoms with van der Waals surface area (Å²) in [6.45, 7) is 7.37. The zero-order valence-electron chi connectivity index (χ0n) is 12.0. The second-order valence-corrected chi connectivity index (χ2v) is 5.35. The zero-order valence-corrected chi connectivity index (χ0v) is 12.0. The van der Waals surface area contributed by atoms with E-state index in [1.54, 1.807) is 7.11 Å². The Balaban J connectivity index is 1.91. The Hall–Kier alpha value is -0.910. The molecular weight excluding hydrogens is 242 g/mol. The van der Waals surface area contributed by atoms with Crippen LogP contribution in [0, 0.1) is 5.41 Å². The van der Waals surface area contributed by atoms with E-state index in [0.717, 1.165) is 52.3 Å². The first-order valence-electron chi connectivity index (χ1n) is 7.07. The molecule has 1 aromatic heterocycles. The van der Waals surface area contributed by atoms with Gasteiger partial charge in [-0.15, -0.1) is 0 Å². The van der Waals surface area contributed by atoms with Crippen LogP contribution in [0.15, 0.2) is 12.4 Å². The van der Waals surface area contributed by atoms with Crippen LogP contribution < -0.4 is 5.32 Å². The molecule has 0 saturated carbocycles. The van der Waals surface area contributed by atoms with Crippen molar-refractivity contribution in [3.8, 4) is 0 Å². The molecule has 0 radical (unpaired) electrons. The third-order valence-corrected chi connectivity index (χ3v) is 3.76. The maximum atomic E-state index is 5.62. The van der Waals surface area contributed by atoms with E-state index >= 15 is 0 Å². The van der Waals surface area contributed by atoms with Gasteiger partial charge in [0.2, 0.25) is 0 Å². The highest BCUT2D eigenvalue weighted by atomic mass is 16.5. The Morgan fingerprint density at radius 2 is 2.47 bits per heavy atom. The average Bonchev–Trinajstić information content (AvgIpc) is 3.05. The summed E-state index contributed by atoms with van der Waals surface area (Å²) in [4.78, 5) is 0. The van der Waals surface area contributed by atoms with Gasteiger partial charge in [-0.3, -0.25) is 4.68 Å². The molecule has 5 heteroatoms. The standard InChI is InChI=1S/C14H25N3O2/c1-3-17-10-13(9-16-17)8-14(4-6-19-12-14)11-15-5-7-18-2/h9-10,15H,3-8,11-12H2,1-2H3. The maximum absolute atomic E-state index is 5.62. The summed E-state index contributed by atoms with van der Waals surface area (Å²) >= 11 is 0. The molecular formula is C14H25N3O2. The molecule has 2 rings (SSSR count). The summed E-state index contributed by atoms with van der Waals surface area (Å²) in [6.07, 6.45) is 6.28. The van der Waals surface area contributed by atoms with Gasteiger partial charge >= 0.3 is 0 Å². The molecule has 1 fully saturated rings. The lowest BCUT2D eigenvalue weighted by Crippen LogP contribution is -2.38. The number of methoxy groups -OCH3 is 1. The first-order valence-corrected chi connectivity index (χ1v) is 7.07. The monoisotopic (exact) mass is 267 g/mol. The Bertz CT molecular complexity index is 373. The smallest absolute Gasteiger partial charge is 0.0587 e. The predicted octanol–water partition coefficient (Wildman–Crippen LogP) is 1.09. The molecule has 0 aliphatic carbocycles. The third kappa shape index (κ3) is 4.03. The molecule has 1 aliphatic rings. The number of aromatic nitrogens is 2. The van der Waals surface area contributed by atoms with E-state index in [4.69, 9.17) is 9.47 Å². The van der Waals surface area contributed by atoms with Crippen molar-refractivity contribution in [1.29, 1.82) is 0 Å². The van der Waals surface area contributed by atoms with E-state index < -0.39 is 0 Å². The van der Waals surface area contributed by atoms with Crippen molar-refractivity contribution in [3.05, 3.63) is 18.0 Å². The number of hydrogen-bond donors (Lipinski definition) is 1. The third-order valence-electron chi connectivity index (χ3n) is 3.76. The molecule has 1 N–H and O–H groups in total. The molecule has 0 amide bonds. The van der Waals surface area contributed by atoms with Crippen molar-refractivity contribution >= 4 is 0 Å². The van der Waals surface area contributed by atoms with Crippen LogP contribution in [0.3, 0.4) is 0 Å². The van der Waals surface area contributed by atoms with Crippen LogP contribution in [0.1, 0.15) is 18.9 Å². The van der Waals surface area contributed by atoms with Crippen molar-refractivity contribution in [2.24, 2.45) is 5.41 Å². The fourth-order valence-corrected chi connectivity index (χ4v) is 2.62. The van der Waals surface area contributed by atoms with Gasteiger partial charge < -0.3 is 14.8 Å². The zero-order chi connectivity index (χ0) is 13.6. The summed E-state index contributed by atoms with van der Waals surface area (Å²) in [7, 11) is 1.73. The van der Waals surface area contributed by atoms with Gasteiger partial charge in [-0.1, -0.05) is 0 Å². The molecule has 1 aromatic rings. The van der Waals surface area contributed by atoms with Gasteiger partial charge in [-0.05, 0) is 25.3 Å². The fourth-order valence-electron chi connectivity index (χ4n) is 2.62. The van der Waals surface area contributed by atoms with Crippen LogP contribution in [0.25, 0.3) is 0 Å². The van der Waals surface area contributed by atoms with Crippen LogP contribution in [0.4, 0.5) is 0 Å². The SMILES string of the molecule is CCn1cc(CC2(CNCCOC)CCOC2)cn1. The predicted molar refractivity (Wildman–Crippen MR) is 74.2 cm³/mol. The highest BCUT2D eigenvalue weighted by Gasteiger charge is 2.35. The van der Waals surface area contributed by atoms with Crippen LogP contribution in [0.2, 0.25) is 0 Å². The highest BCUT2D eigenvalue weighted by Crippen LogP contribution is 2.32. The van der Waals surface area contributed by atoms with Crippen molar-refractivity contribution < 1.29 is 9.47 Å². The Morgan fingerprint density at radius 3 is 3.11 bits per heavy atom. The van der Waals surface area contributed by atoms with Crippen molar-refractivity contribution in [2.75, 3.05) is 40.0 Å². The Morgan fingerprint density at radius 1 is 1.58 bits per heavy atom. The molecule has 108 valence electrons. The molecule has 1 atom stereocenters. The lowest BCUT2D eigenvalue weighted by molar-refractivity contribution is 0.145. The van der Waals surface area contributed by atoms with Gasteiger partial charge in [0.15, 0.2) is 0 Å². The van der Waals surface area contributed by atoms with E-state index in [1.165, 1.54) is 5.56 Å². The van der Waals surface area contributed by atoms with Gasteiger partial charge in [-0.25, -0.2) is 0 Å². The first-order chi connectivity index (χ1) is 9.28. The number of rotatable bonds is 8. The molecule has 1 aliphatic heterocycles. The van der Waals surface area contributed by atoms with Crippen molar-refractivity contribution in [1.82, 2.24) is 15.1 Å². The largest absolute Gasteiger partial charge is 0.383 e. The van der Waals surface area contributed by atoms with E-state index in [0.29, 0.717) is 0 Å². The summed E-state index contributed by atoms with van der Waals surface area (Å²) in [5, 5.41) is 7.83. The second kappa shape index (κ2) is 7.03. The van der Waals surface area contributed by atoms with Crippen LogP contribution in [-0.2, 0) is 22.4 Å². The van der Waals surface area contributed by atoms with Crippen molar-refractivity contribution in [2.45, 2.75) is 26.3 Å². The van der Waals surface area contributed by atoms with E-state index in [2.05, 4.69) is 23.5 Å². The van der Waals surface area contributed by atoms with Gasteiger partial charge in [0, 0.05) is 45.0 Å². The first kappa shape index (κ1) is 14.5. The maximum Gasteiger partial charge on any atom is 0.0587 e. The normalized spacial score (nSPS) is 23.1. The molecule has 5 nitrogen and oxygen atoms in total. The lowest BCUT2D eigenvalue weighted by Gasteiger charge is -2.27. The summed E-state index contributed by atoms with van der Waals surface area (Å²) in [6, 6.07) is 0. The van der Waals surface area contributed by atoms with Gasteiger partial charge in [-0.2, -0.15) is 5.10 Å². The number of hydrogen-bond acceptors (Lipinski definition) is 4. The van der Waals surface area contributed by atoms with E-state index in [9.17, 15) is 0 Å². The number of nitrogens with zero attached hydrogens (tertiary/aromatic N) is 2. The summed E-state index contributed by atoms with van der Waals surface area (Å²) < 4.78 is 12.7. The molecule has 2 heterocycles. The molecule has 0 spiro atoms. The van der Waals surface area contributed by atoms with E-state index in [-0.39, 0.29) is 5.41 Å². The second-order valence-electron chi connectivity index (χ2n) is 5.35. The molecule has 19 heavy (non-hydrogen) atoms. The minimum Gasteiger partial charge on any atom is -0.383 e. The Labute approximate surface area is 115 Å². The number of aryl methyl sites for hydroxylation is 1. The van der Waals surface area contributed by atoms with Crippen LogP contribution in [0.5, 0.6) is 0 Å². The highest BCUT2D eigenvalue weighted by molar-refractivity contribution is 5.09. The van der Waals surface area contributed by atoms with E-state index in [1.807, 2.05) is 10.9 Å². The van der Waals surface area contributed by atoms with Crippen molar-refractivity contribution in [3.63, 3.8) is 0 Å². The summed E-state index contributed by atoms with van der Waals surface area (Å²) in [5.74, 6) is 0. The summed E-state index contributed by atoms with van der Waals surface area (Å²) in [5.41, 5.74) is 1.52. The lowest BCUT2D eigenvalue weighted by atomic mass is 9.81. The minimum absolute atomic E-state index is 0.218. The molecule has 0 aromatic carbocycles.